The summed E-state index contributed by atoms with van der Waals surface area (Å²) in [4.78, 5) is 0.183. The summed E-state index contributed by atoms with van der Waals surface area (Å²) in [5.41, 5.74) is 8.23. The fourth-order valence-corrected chi connectivity index (χ4v) is 3.18. The molecule has 0 aliphatic rings. The lowest BCUT2D eigenvalue weighted by Gasteiger charge is -2.12. The summed E-state index contributed by atoms with van der Waals surface area (Å²) in [6, 6.07) is 9.81. The molecule has 0 atom stereocenters. The maximum absolute atomic E-state index is 12.4. The lowest BCUT2D eigenvalue weighted by atomic mass is 10.2. The van der Waals surface area contributed by atoms with Crippen molar-refractivity contribution in [1.82, 2.24) is 0 Å². The number of nitrogens with one attached hydrogen (secondary N) is 1. The first-order valence-electron chi connectivity index (χ1n) is 6.37. The van der Waals surface area contributed by atoms with E-state index in [1.165, 1.54) is 6.07 Å². The maximum atomic E-state index is 12.4. The van der Waals surface area contributed by atoms with E-state index in [9.17, 15) is 8.42 Å². The molecule has 0 saturated carbocycles. The van der Waals surface area contributed by atoms with E-state index in [2.05, 4.69) is 4.72 Å². The quantitative estimate of drug-likeness (QED) is 0.851. The summed E-state index contributed by atoms with van der Waals surface area (Å²) in [6.45, 7) is 3.61. The molecule has 0 radical (unpaired) electrons. The van der Waals surface area contributed by atoms with Crippen molar-refractivity contribution in [2.45, 2.75) is 18.7 Å². The molecule has 0 aliphatic carbocycles. The number of ether oxygens (including phenoxy) is 1. The molecular formula is C15H18N2O3S. The molecule has 0 saturated heterocycles. The van der Waals surface area contributed by atoms with Gasteiger partial charge in [-0.1, -0.05) is 6.07 Å². The summed E-state index contributed by atoms with van der Waals surface area (Å²) in [5, 5.41) is 0. The monoisotopic (exact) mass is 306 g/mol. The van der Waals surface area contributed by atoms with Crippen LogP contribution in [-0.4, -0.2) is 15.5 Å². The highest BCUT2D eigenvalue weighted by atomic mass is 32.2. The van der Waals surface area contributed by atoms with Gasteiger partial charge in [-0.25, -0.2) is 8.42 Å². The van der Waals surface area contributed by atoms with Crippen LogP contribution in [0.15, 0.2) is 41.3 Å². The van der Waals surface area contributed by atoms with Crippen molar-refractivity contribution in [2.24, 2.45) is 0 Å². The second-order valence-corrected chi connectivity index (χ2v) is 6.49. The molecule has 2 aromatic rings. The van der Waals surface area contributed by atoms with E-state index < -0.39 is 10.0 Å². The first kappa shape index (κ1) is 15.2. The Balaban J connectivity index is 2.38. The Morgan fingerprint density at radius 1 is 1.05 bits per heavy atom. The number of benzene rings is 2. The lowest BCUT2D eigenvalue weighted by molar-refractivity contribution is 0.411. The van der Waals surface area contributed by atoms with E-state index in [1.807, 2.05) is 6.92 Å². The number of nitrogen functional groups attached to an aromatic ring is 1. The topological polar surface area (TPSA) is 81.4 Å². The zero-order valence-corrected chi connectivity index (χ0v) is 13.0. The Morgan fingerprint density at radius 3 is 2.38 bits per heavy atom. The fraction of sp³-hybridized carbons (Fsp3) is 0.200. The molecule has 21 heavy (non-hydrogen) atoms. The predicted molar refractivity (Wildman–Crippen MR) is 84.1 cm³/mol. The van der Waals surface area contributed by atoms with Gasteiger partial charge in [0.1, 0.15) is 5.75 Å². The molecule has 5 nitrogen and oxygen atoms in total. The van der Waals surface area contributed by atoms with E-state index in [0.29, 0.717) is 17.1 Å². The van der Waals surface area contributed by atoms with Crippen LogP contribution < -0.4 is 15.2 Å². The highest BCUT2D eigenvalue weighted by molar-refractivity contribution is 7.92. The molecule has 0 fully saturated rings. The summed E-state index contributed by atoms with van der Waals surface area (Å²) in [6.07, 6.45) is 0. The van der Waals surface area contributed by atoms with E-state index in [0.717, 1.165) is 11.1 Å². The van der Waals surface area contributed by atoms with Gasteiger partial charge in [-0.3, -0.25) is 4.72 Å². The third kappa shape index (κ3) is 3.28. The van der Waals surface area contributed by atoms with Gasteiger partial charge >= 0.3 is 0 Å². The molecule has 2 rings (SSSR count). The number of nitrogens with two attached hydrogens (primary N) is 1. The van der Waals surface area contributed by atoms with Crippen LogP contribution in [0.1, 0.15) is 11.1 Å². The molecule has 0 heterocycles. The van der Waals surface area contributed by atoms with E-state index in [1.54, 1.807) is 44.4 Å². The van der Waals surface area contributed by atoms with Crippen molar-refractivity contribution in [3.05, 3.63) is 47.5 Å². The zero-order chi connectivity index (χ0) is 15.6. The largest absolute Gasteiger partial charge is 0.496 e. The van der Waals surface area contributed by atoms with Crippen molar-refractivity contribution < 1.29 is 13.2 Å². The van der Waals surface area contributed by atoms with Gasteiger partial charge < -0.3 is 10.5 Å². The molecular weight excluding hydrogens is 288 g/mol. The average Bonchev–Trinajstić information content (AvgIpc) is 2.42. The Hall–Kier alpha value is -2.21. The predicted octanol–water partition coefficient (Wildman–Crippen LogP) is 2.70. The van der Waals surface area contributed by atoms with Crippen molar-refractivity contribution in [1.29, 1.82) is 0 Å². The summed E-state index contributed by atoms with van der Waals surface area (Å²) >= 11 is 0. The highest BCUT2D eigenvalue weighted by Gasteiger charge is 2.16. The second kappa shape index (κ2) is 5.65. The van der Waals surface area contributed by atoms with Crippen LogP contribution in [0, 0.1) is 13.8 Å². The van der Waals surface area contributed by atoms with Gasteiger partial charge in [0.25, 0.3) is 10.0 Å². The minimum absolute atomic E-state index is 0.183. The van der Waals surface area contributed by atoms with Crippen LogP contribution in [0.4, 0.5) is 11.4 Å². The molecule has 3 N–H and O–H groups in total. The number of methoxy groups -OCH3 is 1. The van der Waals surface area contributed by atoms with Gasteiger partial charge in [-0.2, -0.15) is 0 Å². The molecule has 6 heteroatoms. The molecule has 112 valence electrons. The molecule has 0 aliphatic heterocycles. The van der Waals surface area contributed by atoms with Crippen LogP contribution in [0.5, 0.6) is 5.75 Å². The van der Waals surface area contributed by atoms with Crippen LogP contribution in [-0.2, 0) is 10.0 Å². The summed E-state index contributed by atoms with van der Waals surface area (Å²) < 4.78 is 32.5. The molecule has 0 spiro atoms. The maximum Gasteiger partial charge on any atom is 0.261 e. The third-order valence-corrected chi connectivity index (χ3v) is 4.55. The Kier molecular flexibility index (Phi) is 4.09. The van der Waals surface area contributed by atoms with E-state index in [-0.39, 0.29) is 4.90 Å². The Morgan fingerprint density at radius 2 is 1.76 bits per heavy atom. The standard InChI is InChI=1S/C15H18N2O3S/c1-10-4-5-12(16)9-14(10)17-21(18,19)13-6-7-15(20-3)11(2)8-13/h4-9,17H,16H2,1-3H3. The first-order valence-corrected chi connectivity index (χ1v) is 7.85. The summed E-state index contributed by atoms with van der Waals surface area (Å²) in [7, 11) is -2.11. The van der Waals surface area contributed by atoms with Gasteiger partial charge in [0.05, 0.1) is 17.7 Å². The Bertz CT molecular complexity index is 770. The number of hydrogen-bond donors (Lipinski definition) is 2. The van der Waals surface area contributed by atoms with Crippen LogP contribution in [0.2, 0.25) is 0 Å². The molecule has 0 amide bonds. The molecule has 0 bridgehead atoms. The van der Waals surface area contributed by atoms with Gasteiger partial charge in [0.2, 0.25) is 0 Å². The third-order valence-electron chi connectivity index (χ3n) is 3.18. The molecule has 2 aromatic carbocycles. The van der Waals surface area contributed by atoms with Gasteiger partial charge in [-0.15, -0.1) is 0 Å². The van der Waals surface area contributed by atoms with Crippen LogP contribution in [0.3, 0.4) is 0 Å². The number of rotatable bonds is 4. The first-order chi connectivity index (χ1) is 9.83. The van der Waals surface area contributed by atoms with Gasteiger partial charge in [0.15, 0.2) is 0 Å². The minimum Gasteiger partial charge on any atom is -0.496 e. The van der Waals surface area contributed by atoms with Crippen molar-refractivity contribution in [3.63, 3.8) is 0 Å². The van der Waals surface area contributed by atoms with Crippen molar-refractivity contribution in [2.75, 3.05) is 17.6 Å². The van der Waals surface area contributed by atoms with E-state index in [4.69, 9.17) is 10.5 Å². The average molecular weight is 306 g/mol. The molecule has 0 unspecified atom stereocenters. The van der Waals surface area contributed by atoms with Crippen molar-refractivity contribution in [3.8, 4) is 5.75 Å². The minimum atomic E-state index is -3.66. The molecule has 0 aromatic heterocycles. The fourth-order valence-electron chi connectivity index (χ4n) is 1.97. The van der Waals surface area contributed by atoms with Crippen LogP contribution in [0.25, 0.3) is 0 Å². The normalized spacial score (nSPS) is 11.2. The van der Waals surface area contributed by atoms with Crippen molar-refractivity contribution >= 4 is 21.4 Å². The van der Waals surface area contributed by atoms with E-state index >= 15 is 0 Å². The number of aryl methyl sites for hydroxylation is 2. The summed E-state index contributed by atoms with van der Waals surface area (Å²) in [5.74, 6) is 0.647. The smallest absolute Gasteiger partial charge is 0.261 e. The SMILES string of the molecule is COc1ccc(S(=O)(=O)Nc2cc(N)ccc2C)cc1C. The highest BCUT2D eigenvalue weighted by Crippen LogP contribution is 2.25. The lowest BCUT2D eigenvalue weighted by Crippen LogP contribution is -2.14. The second-order valence-electron chi connectivity index (χ2n) is 4.81. The Labute approximate surface area is 124 Å². The van der Waals surface area contributed by atoms with Gasteiger partial charge in [-0.05, 0) is 55.3 Å². The number of hydrogen-bond acceptors (Lipinski definition) is 4. The number of anilines is 2. The number of sulfonamides is 1. The van der Waals surface area contributed by atoms with Gasteiger partial charge in [0, 0.05) is 5.69 Å². The van der Waals surface area contributed by atoms with Crippen LogP contribution >= 0.6 is 0 Å². The zero-order valence-electron chi connectivity index (χ0n) is 12.2.